The highest BCUT2D eigenvalue weighted by atomic mass is 19.1. The van der Waals surface area contributed by atoms with E-state index in [0.29, 0.717) is 36.0 Å². The molecule has 0 saturated carbocycles. The highest BCUT2D eigenvalue weighted by Gasteiger charge is 2.22. The van der Waals surface area contributed by atoms with Gasteiger partial charge in [0.15, 0.2) is 11.7 Å². The highest BCUT2D eigenvalue weighted by molar-refractivity contribution is 5.76. The van der Waals surface area contributed by atoms with Crippen LogP contribution in [0.5, 0.6) is 0 Å². The van der Waals surface area contributed by atoms with Crippen LogP contribution >= 0.6 is 0 Å². The fraction of sp³-hybridized carbons (Fsp3) is 0.444. The van der Waals surface area contributed by atoms with Gasteiger partial charge >= 0.3 is 0 Å². The molecule has 0 aliphatic carbocycles. The summed E-state index contributed by atoms with van der Waals surface area (Å²) in [5.74, 6) is 0.909. The fourth-order valence-corrected chi connectivity index (χ4v) is 2.94. The van der Waals surface area contributed by atoms with Gasteiger partial charge in [0, 0.05) is 18.9 Å². The number of carbonyl (C=O) groups excluding carboxylic acids is 1. The predicted octanol–water partition coefficient (Wildman–Crippen LogP) is 2.53. The molecule has 2 atom stereocenters. The summed E-state index contributed by atoms with van der Waals surface area (Å²) in [5, 5.41) is 6.39. The van der Waals surface area contributed by atoms with Crippen molar-refractivity contribution in [1.82, 2.24) is 15.6 Å². The van der Waals surface area contributed by atoms with Crippen LogP contribution in [-0.4, -0.2) is 30.0 Å². The number of rotatable bonds is 5. The number of oxazole rings is 1. The number of amides is 1. The summed E-state index contributed by atoms with van der Waals surface area (Å²) >= 11 is 0. The van der Waals surface area contributed by atoms with Gasteiger partial charge < -0.3 is 15.1 Å². The Kier molecular flexibility index (Phi) is 5.25. The summed E-state index contributed by atoms with van der Waals surface area (Å²) in [6.07, 6.45) is 3.16. The van der Waals surface area contributed by atoms with Gasteiger partial charge in [0.05, 0.1) is 11.8 Å². The second kappa shape index (κ2) is 7.57. The molecule has 0 radical (unpaired) electrons. The average Bonchev–Trinajstić information content (AvgIpc) is 3.04. The number of aryl methyl sites for hydroxylation is 1. The molecule has 1 aromatic heterocycles. The first-order valence-corrected chi connectivity index (χ1v) is 8.33. The van der Waals surface area contributed by atoms with E-state index in [-0.39, 0.29) is 17.8 Å². The number of hydrogen-bond donors (Lipinski definition) is 2. The molecule has 1 amide bonds. The number of nitrogens with zero attached hydrogens (tertiary/aromatic N) is 1. The summed E-state index contributed by atoms with van der Waals surface area (Å²) in [4.78, 5) is 16.2. The van der Waals surface area contributed by atoms with Crippen molar-refractivity contribution in [1.29, 1.82) is 0 Å². The van der Waals surface area contributed by atoms with Crippen LogP contribution in [0.3, 0.4) is 0 Å². The minimum Gasteiger partial charge on any atom is -0.441 e. The molecule has 1 fully saturated rings. The van der Waals surface area contributed by atoms with Gasteiger partial charge in [-0.15, -0.1) is 0 Å². The molecule has 0 bridgehead atoms. The minimum absolute atomic E-state index is 0.000563. The van der Waals surface area contributed by atoms with E-state index in [9.17, 15) is 9.18 Å². The van der Waals surface area contributed by atoms with Gasteiger partial charge in [-0.2, -0.15) is 0 Å². The van der Waals surface area contributed by atoms with Gasteiger partial charge in [-0.25, -0.2) is 9.37 Å². The van der Waals surface area contributed by atoms with E-state index >= 15 is 0 Å². The number of piperidine rings is 1. The Labute approximate surface area is 140 Å². The molecule has 0 spiro atoms. The Morgan fingerprint density at radius 3 is 3.08 bits per heavy atom. The van der Waals surface area contributed by atoms with Crippen molar-refractivity contribution in [2.75, 3.05) is 13.1 Å². The van der Waals surface area contributed by atoms with Crippen LogP contribution in [0.1, 0.15) is 25.7 Å². The maximum Gasteiger partial charge on any atom is 0.220 e. The lowest BCUT2D eigenvalue weighted by Gasteiger charge is -2.30. The lowest BCUT2D eigenvalue weighted by Crippen LogP contribution is -2.48. The third kappa shape index (κ3) is 4.00. The van der Waals surface area contributed by atoms with Crippen molar-refractivity contribution in [3.05, 3.63) is 42.2 Å². The summed E-state index contributed by atoms with van der Waals surface area (Å²) < 4.78 is 19.3. The molecule has 128 valence electrons. The van der Waals surface area contributed by atoms with E-state index in [0.717, 1.165) is 19.5 Å². The molecular formula is C18H22FN3O2. The van der Waals surface area contributed by atoms with Crippen molar-refractivity contribution in [2.45, 2.75) is 32.2 Å². The number of benzene rings is 1. The first kappa shape index (κ1) is 16.6. The standard InChI is InChI=1S/C18H22FN3O2/c1-12-10-20-9-8-15(12)22-17(23)6-7-18-21-11-16(24-18)13-4-2-3-5-14(13)19/h2-5,11-12,15,20H,6-10H2,1H3,(H,22,23). The summed E-state index contributed by atoms with van der Waals surface area (Å²) in [7, 11) is 0. The second-order valence-electron chi connectivity index (χ2n) is 6.24. The molecule has 24 heavy (non-hydrogen) atoms. The Balaban J connectivity index is 1.54. The normalized spacial score (nSPS) is 20.8. The van der Waals surface area contributed by atoms with E-state index in [2.05, 4.69) is 22.5 Å². The lowest BCUT2D eigenvalue weighted by molar-refractivity contribution is -0.122. The van der Waals surface area contributed by atoms with Gasteiger partial charge in [-0.3, -0.25) is 4.79 Å². The van der Waals surface area contributed by atoms with Crippen LogP contribution < -0.4 is 10.6 Å². The third-order valence-corrected chi connectivity index (χ3v) is 4.39. The molecule has 2 aromatic rings. The fourth-order valence-electron chi connectivity index (χ4n) is 2.94. The SMILES string of the molecule is CC1CNCCC1NC(=O)CCc1ncc(-c2ccccc2F)o1. The third-order valence-electron chi connectivity index (χ3n) is 4.39. The monoisotopic (exact) mass is 331 g/mol. The van der Waals surface area contributed by atoms with Crippen LogP contribution in [0.4, 0.5) is 4.39 Å². The summed E-state index contributed by atoms with van der Waals surface area (Å²) in [6.45, 7) is 3.99. The number of aromatic nitrogens is 1. The number of carbonyl (C=O) groups is 1. The van der Waals surface area contributed by atoms with Crippen LogP contribution in [0.15, 0.2) is 34.9 Å². The zero-order valence-corrected chi connectivity index (χ0v) is 13.7. The van der Waals surface area contributed by atoms with Gasteiger partial charge in [-0.1, -0.05) is 19.1 Å². The Morgan fingerprint density at radius 1 is 1.46 bits per heavy atom. The summed E-state index contributed by atoms with van der Waals surface area (Å²) in [5.41, 5.74) is 0.379. The van der Waals surface area contributed by atoms with Gasteiger partial charge in [0.2, 0.25) is 5.91 Å². The Hall–Kier alpha value is -2.21. The Bertz CT molecular complexity index is 701. The van der Waals surface area contributed by atoms with E-state index in [1.165, 1.54) is 12.3 Å². The minimum atomic E-state index is -0.349. The number of hydrogen-bond acceptors (Lipinski definition) is 4. The van der Waals surface area contributed by atoms with Crippen molar-refractivity contribution < 1.29 is 13.6 Å². The predicted molar refractivity (Wildman–Crippen MR) is 88.8 cm³/mol. The molecule has 1 aliphatic heterocycles. The second-order valence-corrected chi connectivity index (χ2v) is 6.24. The van der Waals surface area contributed by atoms with Gasteiger partial charge in [0.1, 0.15) is 5.82 Å². The largest absolute Gasteiger partial charge is 0.441 e. The maximum atomic E-state index is 13.7. The first-order chi connectivity index (χ1) is 11.6. The topological polar surface area (TPSA) is 67.2 Å². The summed E-state index contributed by atoms with van der Waals surface area (Å²) in [6, 6.07) is 6.62. The van der Waals surface area contributed by atoms with Crippen molar-refractivity contribution >= 4 is 5.91 Å². The smallest absolute Gasteiger partial charge is 0.220 e. The zero-order valence-electron chi connectivity index (χ0n) is 13.7. The lowest BCUT2D eigenvalue weighted by atomic mass is 9.95. The molecule has 2 N–H and O–H groups in total. The van der Waals surface area contributed by atoms with E-state index in [4.69, 9.17) is 4.42 Å². The number of halogens is 1. The molecule has 6 heteroatoms. The number of nitrogens with one attached hydrogen (secondary N) is 2. The van der Waals surface area contributed by atoms with Crippen LogP contribution in [0.2, 0.25) is 0 Å². The molecule has 5 nitrogen and oxygen atoms in total. The molecule has 3 rings (SSSR count). The van der Waals surface area contributed by atoms with Crippen LogP contribution in [-0.2, 0) is 11.2 Å². The van der Waals surface area contributed by atoms with E-state index in [1.54, 1.807) is 18.2 Å². The van der Waals surface area contributed by atoms with E-state index < -0.39 is 0 Å². The van der Waals surface area contributed by atoms with E-state index in [1.807, 2.05) is 0 Å². The highest BCUT2D eigenvalue weighted by Crippen LogP contribution is 2.23. The molecule has 1 aromatic carbocycles. The maximum absolute atomic E-state index is 13.7. The molecule has 1 saturated heterocycles. The zero-order chi connectivity index (χ0) is 16.9. The van der Waals surface area contributed by atoms with Crippen LogP contribution in [0.25, 0.3) is 11.3 Å². The van der Waals surface area contributed by atoms with Crippen LogP contribution in [0, 0.1) is 11.7 Å². The Morgan fingerprint density at radius 2 is 2.29 bits per heavy atom. The van der Waals surface area contributed by atoms with Gasteiger partial charge in [0.25, 0.3) is 0 Å². The molecule has 2 unspecified atom stereocenters. The molecule has 1 aliphatic rings. The quantitative estimate of drug-likeness (QED) is 0.883. The van der Waals surface area contributed by atoms with Gasteiger partial charge in [-0.05, 0) is 37.6 Å². The first-order valence-electron chi connectivity index (χ1n) is 8.33. The molecule has 2 heterocycles. The van der Waals surface area contributed by atoms with Crippen molar-refractivity contribution in [2.24, 2.45) is 5.92 Å². The van der Waals surface area contributed by atoms with Crippen molar-refractivity contribution in [3.8, 4) is 11.3 Å². The molecular weight excluding hydrogens is 309 g/mol. The average molecular weight is 331 g/mol. The van der Waals surface area contributed by atoms with Crippen molar-refractivity contribution in [3.63, 3.8) is 0 Å².